The lowest BCUT2D eigenvalue weighted by molar-refractivity contribution is 0.249. The lowest BCUT2D eigenvalue weighted by atomic mass is 10.1. The second-order valence-electron chi connectivity index (χ2n) is 3.46. The van der Waals surface area contributed by atoms with Crippen molar-refractivity contribution in [2.24, 2.45) is 5.73 Å². The second-order valence-corrected chi connectivity index (χ2v) is 3.46. The molecule has 0 rings (SSSR count). The van der Waals surface area contributed by atoms with E-state index in [0.717, 1.165) is 13.1 Å². The van der Waals surface area contributed by atoms with E-state index in [4.69, 9.17) is 5.73 Å². The molecule has 0 saturated carbocycles. The van der Waals surface area contributed by atoms with Crippen molar-refractivity contribution in [3.63, 3.8) is 0 Å². The summed E-state index contributed by atoms with van der Waals surface area (Å²) in [4.78, 5) is 10.3. The third-order valence-electron chi connectivity index (χ3n) is 2.06. The summed E-state index contributed by atoms with van der Waals surface area (Å²) in [5, 5.41) is 5.78. The molecule has 0 aromatic heterocycles. The summed E-state index contributed by atoms with van der Waals surface area (Å²) in [6, 6.07) is -0.449. The van der Waals surface area contributed by atoms with Crippen LogP contribution in [0.4, 0.5) is 4.79 Å². The zero-order valence-corrected chi connectivity index (χ0v) is 9.14. The summed E-state index contributed by atoms with van der Waals surface area (Å²) in [7, 11) is 0. The summed E-state index contributed by atoms with van der Waals surface area (Å²) in [5.41, 5.74) is 4.91. The van der Waals surface area contributed by atoms with E-state index in [1.165, 1.54) is 32.1 Å². The Morgan fingerprint density at radius 1 is 1.07 bits per heavy atom. The molecule has 0 aromatic carbocycles. The zero-order valence-electron chi connectivity index (χ0n) is 9.14. The fraction of sp³-hybridized carbons (Fsp3) is 0.900. The Morgan fingerprint density at radius 2 is 1.79 bits per heavy atom. The number of rotatable bonds is 9. The number of nitrogens with two attached hydrogens (primary N) is 1. The van der Waals surface area contributed by atoms with Crippen LogP contribution >= 0.6 is 0 Å². The van der Waals surface area contributed by atoms with Crippen LogP contribution in [0.3, 0.4) is 0 Å². The van der Waals surface area contributed by atoms with Gasteiger partial charge in [-0.1, -0.05) is 32.6 Å². The van der Waals surface area contributed by atoms with Gasteiger partial charge in [0.2, 0.25) is 0 Å². The number of hydrogen-bond acceptors (Lipinski definition) is 2. The van der Waals surface area contributed by atoms with Gasteiger partial charge in [0.15, 0.2) is 0 Å². The SMILES string of the molecule is CCCCCCCNCCNC(N)=O. The Kier molecular flexibility index (Phi) is 9.74. The smallest absolute Gasteiger partial charge is 0.312 e. The molecule has 84 valence electrons. The molecule has 2 amide bonds. The quantitative estimate of drug-likeness (QED) is 0.491. The molecule has 0 unspecified atom stereocenters. The minimum absolute atomic E-state index is 0.449. The first-order valence-corrected chi connectivity index (χ1v) is 5.51. The number of primary amides is 1. The van der Waals surface area contributed by atoms with E-state index < -0.39 is 6.03 Å². The molecule has 0 radical (unpaired) electrons. The molecule has 4 nitrogen and oxygen atoms in total. The molecule has 0 aliphatic rings. The highest BCUT2D eigenvalue weighted by atomic mass is 16.2. The first-order valence-electron chi connectivity index (χ1n) is 5.51. The third-order valence-corrected chi connectivity index (χ3v) is 2.06. The van der Waals surface area contributed by atoms with Crippen LogP contribution in [-0.2, 0) is 0 Å². The van der Waals surface area contributed by atoms with E-state index in [0.29, 0.717) is 6.54 Å². The van der Waals surface area contributed by atoms with Crippen LogP contribution in [0.15, 0.2) is 0 Å². The van der Waals surface area contributed by atoms with Gasteiger partial charge in [-0.2, -0.15) is 0 Å². The number of carbonyl (C=O) groups excluding carboxylic acids is 1. The predicted octanol–water partition coefficient (Wildman–Crippen LogP) is 1.21. The Labute approximate surface area is 86.6 Å². The molecule has 0 aliphatic carbocycles. The van der Waals surface area contributed by atoms with E-state index in [1.54, 1.807) is 0 Å². The Bertz CT molecular complexity index is 139. The molecule has 4 heteroatoms. The fourth-order valence-corrected chi connectivity index (χ4v) is 1.25. The van der Waals surface area contributed by atoms with E-state index in [-0.39, 0.29) is 0 Å². The lowest BCUT2D eigenvalue weighted by Crippen LogP contribution is -2.35. The average molecular weight is 201 g/mol. The first-order chi connectivity index (χ1) is 6.77. The number of urea groups is 1. The largest absolute Gasteiger partial charge is 0.352 e. The maximum Gasteiger partial charge on any atom is 0.312 e. The van der Waals surface area contributed by atoms with Crippen LogP contribution in [-0.4, -0.2) is 25.7 Å². The molecule has 0 atom stereocenters. The van der Waals surface area contributed by atoms with Gasteiger partial charge in [0, 0.05) is 13.1 Å². The van der Waals surface area contributed by atoms with E-state index in [2.05, 4.69) is 17.6 Å². The molecule has 0 fully saturated rings. The van der Waals surface area contributed by atoms with Crippen LogP contribution in [0.5, 0.6) is 0 Å². The molecule has 0 heterocycles. The van der Waals surface area contributed by atoms with Gasteiger partial charge >= 0.3 is 6.03 Å². The molecule has 0 spiro atoms. The van der Waals surface area contributed by atoms with Gasteiger partial charge in [0.1, 0.15) is 0 Å². The third kappa shape index (κ3) is 11.2. The highest BCUT2D eigenvalue weighted by Gasteiger charge is 1.91. The molecular formula is C10H23N3O. The van der Waals surface area contributed by atoms with Crippen molar-refractivity contribution in [3.8, 4) is 0 Å². The molecule has 0 aliphatic heterocycles. The second kappa shape index (κ2) is 10.3. The molecule has 0 aromatic rings. The van der Waals surface area contributed by atoms with E-state index in [1.807, 2.05) is 0 Å². The average Bonchev–Trinajstić information content (AvgIpc) is 2.15. The van der Waals surface area contributed by atoms with Gasteiger partial charge in [-0.15, -0.1) is 0 Å². The summed E-state index contributed by atoms with van der Waals surface area (Å²) in [6.07, 6.45) is 6.47. The molecular weight excluding hydrogens is 178 g/mol. The predicted molar refractivity (Wildman–Crippen MR) is 59.2 cm³/mol. The zero-order chi connectivity index (χ0) is 10.6. The minimum atomic E-state index is -0.449. The van der Waals surface area contributed by atoms with E-state index in [9.17, 15) is 4.79 Å². The van der Waals surface area contributed by atoms with Crippen LogP contribution in [0.1, 0.15) is 39.0 Å². The van der Waals surface area contributed by atoms with Gasteiger partial charge in [0.25, 0.3) is 0 Å². The minimum Gasteiger partial charge on any atom is -0.352 e. The monoisotopic (exact) mass is 201 g/mol. The van der Waals surface area contributed by atoms with Crippen molar-refractivity contribution in [2.75, 3.05) is 19.6 Å². The van der Waals surface area contributed by atoms with Gasteiger partial charge in [-0.25, -0.2) is 4.79 Å². The van der Waals surface area contributed by atoms with Crippen molar-refractivity contribution >= 4 is 6.03 Å². The van der Waals surface area contributed by atoms with Crippen LogP contribution in [0.2, 0.25) is 0 Å². The fourth-order valence-electron chi connectivity index (χ4n) is 1.25. The van der Waals surface area contributed by atoms with Crippen LogP contribution in [0.25, 0.3) is 0 Å². The maximum absolute atomic E-state index is 10.3. The van der Waals surface area contributed by atoms with Crippen molar-refractivity contribution in [2.45, 2.75) is 39.0 Å². The standard InChI is InChI=1S/C10H23N3O/c1-2-3-4-5-6-7-12-8-9-13-10(11)14/h12H,2-9H2,1H3,(H3,11,13,14). The summed E-state index contributed by atoms with van der Waals surface area (Å²) < 4.78 is 0. The molecule has 4 N–H and O–H groups in total. The first kappa shape index (κ1) is 13.2. The van der Waals surface area contributed by atoms with Crippen LogP contribution in [0, 0.1) is 0 Å². The molecule has 0 bridgehead atoms. The lowest BCUT2D eigenvalue weighted by Gasteiger charge is -2.04. The van der Waals surface area contributed by atoms with Gasteiger partial charge in [0.05, 0.1) is 0 Å². The topological polar surface area (TPSA) is 67.2 Å². The summed E-state index contributed by atoms with van der Waals surface area (Å²) >= 11 is 0. The number of carbonyl (C=O) groups is 1. The van der Waals surface area contributed by atoms with Crippen molar-refractivity contribution < 1.29 is 4.79 Å². The highest BCUT2D eigenvalue weighted by molar-refractivity contribution is 5.71. The van der Waals surface area contributed by atoms with Gasteiger partial charge in [-0.05, 0) is 13.0 Å². The Balaban J connectivity index is 2.88. The Hall–Kier alpha value is -0.770. The van der Waals surface area contributed by atoms with Gasteiger partial charge < -0.3 is 16.4 Å². The molecule has 0 saturated heterocycles. The van der Waals surface area contributed by atoms with Crippen LogP contribution < -0.4 is 16.4 Å². The van der Waals surface area contributed by atoms with Crippen molar-refractivity contribution in [1.29, 1.82) is 0 Å². The maximum atomic E-state index is 10.3. The highest BCUT2D eigenvalue weighted by Crippen LogP contribution is 2.00. The number of nitrogens with one attached hydrogen (secondary N) is 2. The normalized spacial score (nSPS) is 10.1. The van der Waals surface area contributed by atoms with E-state index >= 15 is 0 Å². The number of amides is 2. The van der Waals surface area contributed by atoms with Crippen molar-refractivity contribution in [3.05, 3.63) is 0 Å². The Morgan fingerprint density at radius 3 is 2.43 bits per heavy atom. The summed E-state index contributed by atoms with van der Waals surface area (Å²) in [6.45, 7) is 4.67. The van der Waals surface area contributed by atoms with Gasteiger partial charge in [-0.3, -0.25) is 0 Å². The summed E-state index contributed by atoms with van der Waals surface area (Å²) in [5.74, 6) is 0. The number of unbranched alkanes of at least 4 members (excludes halogenated alkanes) is 4. The molecule has 14 heavy (non-hydrogen) atoms. The van der Waals surface area contributed by atoms with Crippen molar-refractivity contribution in [1.82, 2.24) is 10.6 Å². The number of hydrogen-bond donors (Lipinski definition) is 3.